The van der Waals surface area contributed by atoms with Crippen molar-refractivity contribution in [2.45, 2.75) is 13.2 Å². The number of rotatable bonds is 4. The van der Waals surface area contributed by atoms with Crippen molar-refractivity contribution in [1.82, 2.24) is 0 Å². The average molecular weight is 340 g/mol. The molecule has 0 aliphatic rings. The molecule has 0 aliphatic carbocycles. The van der Waals surface area contributed by atoms with Gasteiger partial charge in [0.2, 0.25) is 0 Å². The number of aryl methyl sites for hydroxylation is 1. The number of hydrogen-bond donors (Lipinski definition) is 0. The summed E-state index contributed by atoms with van der Waals surface area (Å²) in [5.74, 6) is -0.340. The number of nitrogens with zero attached hydrogens (tertiary/aromatic N) is 1. The fraction of sp³-hybridized carbons (Fsp3) is 0.100. The summed E-state index contributed by atoms with van der Waals surface area (Å²) in [4.78, 5) is 12.4. The summed E-state index contributed by atoms with van der Waals surface area (Å²) in [6, 6.07) is 22.8. The van der Waals surface area contributed by atoms with Gasteiger partial charge in [-0.2, -0.15) is 4.57 Å². The lowest BCUT2D eigenvalue weighted by Gasteiger charge is -2.14. The standard InChI is InChI=1S/C20H18NO2.ClH/c1-16-10-12-17(13-11-16)19(21-14-6-3-7-15-21)23-20(22)18-8-4-2-5-9-18;/h2-15,19H,1H3;1H/q+1;/p-1. The van der Waals surface area contributed by atoms with Crippen molar-refractivity contribution >= 4 is 5.97 Å². The molecule has 3 aromatic rings. The molecule has 1 aromatic heterocycles. The number of aromatic nitrogens is 1. The van der Waals surface area contributed by atoms with Gasteiger partial charge in [-0.3, -0.25) is 0 Å². The van der Waals surface area contributed by atoms with Crippen LogP contribution in [0.5, 0.6) is 0 Å². The first-order valence-electron chi connectivity index (χ1n) is 7.52. The van der Waals surface area contributed by atoms with E-state index in [4.69, 9.17) is 4.74 Å². The summed E-state index contributed by atoms with van der Waals surface area (Å²) < 4.78 is 7.65. The van der Waals surface area contributed by atoms with Crippen molar-refractivity contribution in [2.24, 2.45) is 0 Å². The van der Waals surface area contributed by atoms with Crippen LogP contribution >= 0.6 is 0 Å². The van der Waals surface area contributed by atoms with E-state index in [1.807, 2.05) is 84.5 Å². The lowest BCUT2D eigenvalue weighted by Crippen LogP contribution is -3.00. The SMILES string of the molecule is Cc1ccc(C(OC(=O)c2ccccc2)[n+]2ccccc2)cc1.[Cl-]. The van der Waals surface area contributed by atoms with Gasteiger partial charge >= 0.3 is 12.2 Å². The molecule has 0 amide bonds. The maximum atomic E-state index is 12.4. The molecule has 0 aliphatic heterocycles. The highest BCUT2D eigenvalue weighted by Crippen LogP contribution is 2.17. The lowest BCUT2D eigenvalue weighted by molar-refractivity contribution is -0.746. The van der Waals surface area contributed by atoms with E-state index >= 15 is 0 Å². The molecular formula is C20H18ClNO2. The highest BCUT2D eigenvalue weighted by molar-refractivity contribution is 5.89. The Bertz CT molecular complexity index is 774. The second-order valence-corrected chi connectivity index (χ2v) is 5.36. The Labute approximate surface area is 147 Å². The van der Waals surface area contributed by atoms with Gasteiger partial charge in [-0.25, -0.2) is 4.79 Å². The van der Waals surface area contributed by atoms with Gasteiger partial charge in [-0.1, -0.05) is 42.0 Å². The third kappa shape index (κ3) is 4.21. The zero-order valence-corrected chi connectivity index (χ0v) is 14.1. The Kier molecular flexibility index (Phi) is 6.10. The van der Waals surface area contributed by atoms with E-state index in [0.717, 1.165) is 5.56 Å². The number of hydrogen-bond acceptors (Lipinski definition) is 2. The molecule has 122 valence electrons. The van der Waals surface area contributed by atoms with E-state index in [-0.39, 0.29) is 18.4 Å². The first kappa shape index (κ1) is 17.7. The molecule has 4 heteroatoms. The van der Waals surface area contributed by atoms with Crippen molar-refractivity contribution in [3.8, 4) is 0 Å². The second kappa shape index (κ2) is 8.27. The summed E-state index contributed by atoms with van der Waals surface area (Å²) in [6.07, 6.45) is 3.29. The Balaban J connectivity index is 0.00000208. The number of carbonyl (C=O) groups is 1. The van der Waals surface area contributed by atoms with Crippen molar-refractivity contribution in [2.75, 3.05) is 0 Å². The van der Waals surface area contributed by atoms with E-state index in [1.54, 1.807) is 12.1 Å². The minimum absolute atomic E-state index is 0. The Morgan fingerprint density at radius 2 is 1.46 bits per heavy atom. The molecule has 0 saturated heterocycles. The van der Waals surface area contributed by atoms with Crippen LogP contribution in [0.2, 0.25) is 0 Å². The third-order valence-electron chi connectivity index (χ3n) is 3.60. The predicted octanol–water partition coefficient (Wildman–Crippen LogP) is 0.690. The second-order valence-electron chi connectivity index (χ2n) is 5.36. The first-order valence-corrected chi connectivity index (χ1v) is 7.52. The molecule has 1 heterocycles. The maximum Gasteiger partial charge on any atom is 0.343 e. The monoisotopic (exact) mass is 339 g/mol. The minimum Gasteiger partial charge on any atom is -1.00 e. The molecule has 0 bridgehead atoms. The molecule has 0 saturated carbocycles. The molecule has 1 atom stereocenters. The van der Waals surface area contributed by atoms with Crippen LogP contribution < -0.4 is 17.0 Å². The number of pyridine rings is 1. The summed E-state index contributed by atoms with van der Waals surface area (Å²) in [7, 11) is 0. The molecule has 0 fully saturated rings. The number of ether oxygens (including phenoxy) is 1. The molecular weight excluding hydrogens is 322 g/mol. The number of benzene rings is 2. The van der Waals surface area contributed by atoms with Crippen molar-refractivity contribution in [3.63, 3.8) is 0 Å². The molecule has 0 spiro atoms. The maximum absolute atomic E-state index is 12.4. The lowest BCUT2D eigenvalue weighted by atomic mass is 10.1. The largest absolute Gasteiger partial charge is 1.00 e. The van der Waals surface area contributed by atoms with Crippen molar-refractivity contribution in [1.29, 1.82) is 0 Å². The smallest absolute Gasteiger partial charge is 0.343 e. The normalized spacial score (nSPS) is 11.2. The van der Waals surface area contributed by atoms with Crippen LogP contribution in [0.4, 0.5) is 0 Å². The summed E-state index contributed by atoms with van der Waals surface area (Å²) in [5, 5.41) is 0. The van der Waals surface area contributed by atoms with E-state index in [9.17, 15) is 4.79 Å². The molecule has 0 N–H and O–H groups in total. The topological polar surface area (TPSA) is 30.2 Å². The van der Waals surface area contributed by atoms with Gasteiger partial charge in [-0.05, 0) is 31.2 Å². The first-order chi connectivity index (χ1) is 11.2. The van der Waals surface area contributed by atoms with Gasteiger partial charge < -0.3 is 17.1 Å². The van der Waals surface area contributed by atoms with Crippen LogP contribution in [0.25, 0.3) is 0 Å². The van der Waals surface area contributed by atoms with E-state index in [2.05, 4.69) is 0 Å². The summed E-state index contributed by atoms with van der Waals surface area (Å²) >= 11 is 0. The van der Waals surface area contributed by atoms with Crippen molar-refractivity contribution in [3.05, 3.63) is 102 Å². The van der Waals surface area contributed by atoms with Gasteiger partial charge in [0.15, 0.2) is 12.4 Å². The number of carbonyl (C=O) groups excluding carboxylic acids is 1. The predicted molar refractivity (Wildman–Crippen MR) is 87.8 cm³/mol. The van der Waals surface area contributed by atoms with Gasteiger partial charge in [0.05, 0.1) is 11.1 Å². The van der Waals surface area contributed by atoms with Crippen LogP contribution in [0.1, 0.15) is 27.7 Å². The number of esters is 1. The third-order valence-corrected chi connectivity index (χ3v) is 3.60. The minimum atomic E-state index is -0.496. The fourth-order valence-electron chi connectivity index (χ4n) is 2.34. The Morgan fingerprint density at radius 3 is 2.08 bits per heavy atom. The quantitative estimate of drug-likeness (QED) is 0.517. The van der Waals surface area contributed by atoms with E-state index < -0.39 is 6.23 Å². The molecule has 3 nitrogen and oxygen atoms in total. The van der Waals surface area contributed by atoms with Crippen molar-refractivity contribution < 1.29 is 26.5 Å². The molecule has 1 unspecified atom stereocenters. The van der Waals surface area contributed by atoms with Crippen LogP contribution in [-0.4, -0.2) is 5.97 Å². The van der Waals surface area contributed by atoms with Gasteiger partial charge in [0.25, 0.3) is 0 Å². The van der Waals surface area contributed by atoms with Gasteiger partial charge in [-0.15, -0.1) is 0 Å². The summed E-state index contributed by atoms with van der Waals surface area (Å²) in [5.41, 5.74) is 2.64. The van der Waals surface area contributed by atoms with E-state index in [0.29, 0.717) is 5.56 Å². The summed E-state index contributed by atoms with van der Waals surface area (Å²) in [6.45, 7) is 2.03. The van der Waals surface area contributed by atoms with Crippen LogP contribution in [0, 0.1) is 6.92 Å². The number of halogens is 1. The van der Waals surface area contributed by atoms with Crippen LogP contribution in [0.15, 0.2) is 85.2 Å². The fourth-order valence-corrected chi connectivity index (χ4v) is 2.34. The zero-order valence-electron chi connectivity index (χ0n) is 13.3. The Hall–Kier alpha value is -2.65. The van der Waals surface area contributed by atoms with Crippen LogP contribution in [-0.2, 0) is 4.74 Å². The molecule has 0 radical (unpaired) electrons. The average Bonchev–Trinajstić information content (AvgIpc) is 2.62. The Morgan fingerprint density at radius 1 is 0.875 bits per heavy atom. The molecule has 24 heavy (non-hydrogen) atoms. The van der Waals surface area contributed by atoms with Crippen LogP contribution in [0.3, 0.4) is 0 Å². The molecule has 2 aromatic carbocycles. The van der Waals surface area contributed by atoms with Gasteiger partial charge in [0, 0.05) is 12.1 Å². The zero-order chi connectivity index (χ0) is 16.1. The highest BCUT2D eigenvalue weighted by Gasteiger charge is 2.25. The van der Waals surface area contributed by atoms with E-state index in [1.165, 1.54) is 5.56 Å². The van der Waals surface area contributed by atoms with Gasteiger partial charge in [0.1, 0.15) is 0 Å². The highest BCUT2D eigenvalue weighted by atomic mass is 35.5. The molecule has 3 rings (SSSR count).